The number of amides is 2. The van der Waals surface area contributed by atoms with E-state index in [4.69, 9.17) is 4.98 Å². The standard InChI is InChI=1S/C23H33N5O/c1-5-6-10-24-23(29)28-13-11-27(12-14-28)22-21(18(3)25-19(4)26-22)16-20-9-7-8-17(2)15-20/h7-9,15H,5-6,10-14,16H2,1-4H3,(H,24,29). The van der Waals surface area contributed by atoms with E-state index >= 15 is 0 Å². The van der Waals surface area contributed by atoms with Crippen LogP contribution >= 0.6 is 0 Å². The molecule has 3 rings (SSSR count). The van der Waals surface area contributed by atoms with E-state index in [1.165, 1.54) is 16.7 Å². The van der Waals surface area contributed by atoms with Gasteiger partial charge < -0.3 is 15.1 Å². The van der Waals surface area contributed by atoms with E-state index in [1.54, 1.807) is 0 Å². The van der Waals surface area contributed by atoms with E-state index in [1.807, 2.05) is 11.8 Å². The van der Waals surface area contributed by atoms with Crippen LogP contribution in [0.15, 0.2) is 24.3 Å². The van der Waals surface area contributed by atoms with E-state index in [9.17, 15) is 4.79 Å². The molecule has 0 saturated carbocycles. The first-order chi connectivity index (χ1) is 14.0. The largest absolute Gasteiger partial charge is 0.353 e. The molecule has 1 N–H and O–H groups in total. The Kier molecular flexibility index (Phi) is 7.07. The van der Waals surface area contributed by atoms with Crippen molar-refractivity contribution in [1.29, 1.82) is 0 Å². The minimum absolute atomic E-state index is 0.0492. The quantitative estimate of drug-likeness (QED) is 0.759. The van der Waals surface area contributed by atoms with Crippen LogP contribution in [0.25, 0.3) is 0 Å². The normalized spacial score (nSPS) is 14.2. The summed E-state index contributed by atoms with van der Waals surface area (Å²) < 4.78 is 0. The van der Waals surface area contributed by atoms with E-state index in [0.29, 0.717) is 13.1 Å². The van der Waals surface area contributed by atoms with Gasteiger partial charge in [-0.25, -0.2) is 14.8 Å². The number of aryl methyl sites for hydroxylation is 3. The number of carbonyl (C=O) groups is 1. The lowest BCUT2D eigenvalue weighted by Crippen LogP contribution is -2.52. The molecule has 6 nitrogen and oxygen atoms in total. The number of hydrogen-bond acceptors (Lipinski definition) is 4. The van der Waals surface area contributed by atoms with Crippen molar-refractivity contribution in [2.75, 3.05) is 37.6 Å². The molecule has 1 aliphatic heterocycles. The highest BCUT2D eigenvalue weighted by atomic mass is 16.2. The Bertz CT molecular complexity index is 843. The number of unbranched alkanes of at least 4 members (excludes halogenated alkanes) is 1. The van der Waals surface area contributed by atoms with Crippen LogP contribution in [0.4, 0.5) is 10.6 Å². The summed E-state index contributed by atoms with van der Waals surface area (Å²) >= 11 is 0. The van der Waals surface area contributed by atoms with Crippen molar-refractivity contribution < 1.29 is 4.79 Å². The molecule has 2 heterocycles. The number of aromatic nitrogens is 2. The molecule has 0 unspecified atom stereocenters. The number of hydrogen-bond donors (Lipinski definition) is 1. The molecule has 156 valence electrons. The molecule has 0 radical (unpaired) electrons. The van der Waals surface area contributed by atoms with Crippen molar-refractivity contribution >= 4 is 11.8 Å². The number of nitrogens with zero attached hydrogens (tertiary/aromatic N) is 4. The van der Waals surface area contributed by atoms with Crippen LogP contribution < -0.4 is 10.2 Å². The average Bonchev–Trinajstić information content (AvgIpc) is 2.70. The topological polar surface area (TPSA) is 61.4 Å². The zero-order valence-corrected chi connectivity index (χ0v) is 18.2. The van der Waals surface area contributed by atoms with Gasteiger partial charge in [-0.15, -0.1) is 0 Å². The van der Waals surface area contributed by atoms with Gasteiger partial charge in [-0.05, 0) is 32.8 Å². The molecule has 29 heavy (non-hydrogen) atoms. The van der Waals surface area contributed by atoms with Crippen LogP contribution in [0.5, 0.6) is 0 Å². The van der Waals surface area contributed by atoms with Crippen LogP contribution in [0.1, 0.15) is 48.0 Å². The molecule has 0 aliphatic carbocycles. The van der Waals surface area contributed by atoms with Crippen LogP contribution in [0, 0.1) is 20.8 Å². The highest BCUT2D eigenvalue weighted by molar-refractivity contribution is 5.74. The predicted octanol–water partition coefficient (Wildman–Crippen LogP) is 3.62. The molecule has 1 aromatic carbocycles. The molecular formula is C23H33N5O. The van der Waals surface area contributed by atoms with Gasteiger partial charge >= 0.3 is 6.03 Å². The van der Waals surface area contributed by atoms with Gasteiger partial charge in [0.15, 0.2) is 0 Å². The highest BCUT2D eigenvalue weighted by Crippen LogP contribution is 2.25. The third-order valence-electron chi connectivity index (χ3n) is 5.44. The minimum Gasteiger partial charge on any atom is -0.353 e. The molecule has 1 aromatic heterocycles. The summed E-state index contributed by atoms with van der Waals surface area (Å²) in [6, 6.07) is 8.65. The summed E-state index contributed by atoms with van der Waals surface area (Å²) in [6.45, 7) is 12.0. The van der Waals surface area contributed by atoms with Gasteiger partial charge in [0, 0.05) is 50.4 Å². The van der Waals surface area contributed by atoms with Gasteiger partial charge in [0.25, 0.3) is 0 Å². The Balaban J connectivity index is 1.73. The summed E-state index contributed by atoms with van der Waals surface area (Å²) in [7, 11) is 0. The lowest BCUT2D eigenvalue weighted by atomic mass is 10.0. The molecule has 0 atom stereocenters. The summed E-state index contributed by atoms with van der Waals surface area (Å²) in [6.07, 6.45) is 2.93. The molecule has 6 heteroatoms. The molecule has 1 aliphatic rings. The summed E-state index contributed by atoms with van der Waals surface area (Å²) in [5.41, 5.74) is 4.75. The summed E-state index contributed by atoms with van der Waals surface area (Å²) in [4.78, 5) is 26.0. The van der Waals surface area contributed by atoms with E-state index in [0.717, 1.165) is 56.2 Å². The first kappa shape index (κ1) is 21.1. The van der Waals surface area contributed by atoms with E-state index < -0.39 is 0 Å². The maximum atomic E-state index is 12.3. The number of piperazine rings is 1. The second-order valence-electron chi connectivity index (χ2n) is 7.88. The number of carbonyl (C=O) groups excluding carboxylic acids is 1. The Morgan fingerprint density at radius 3 is 2.55 bits per heavy atom. The van der Waals surface area contributed by atoms with Crippen molar-refractivity contribution in [2.24, 2.45) is 0 Å². The Hall–Kier alpha value is -2.63. The average molecular weight is 396 g/mol. The smallest absolute Gasteiger partial charge is 0.317 e. The molecule has 0 spiro atoms. The van der Waals surface area contributed by atoms with Crippen molar-refractivity contribution in [2.45, 2.75) is 47.0 Å². The van der Waals surface area contributed by atoms with Gasteiger partial charge in [-0.2, -0.15) is 0 Å². The second kappa shape index (κ2) is 9.72. The van der Waals surface area contributed by atoms with Gasteiger partial charge in [0.1, 0.15) is 11.6 Å². The van der Waals surface area contributed by atoms with Crippen molar-refractivity contribution in [3.05, 3.63) is 52.5 Å². The second-order valence-corrected chi connectivity index (χ2v) is 7.88. The van der Waals surface area contributed by atoms with Gasteiger partial charge in [-0.3, -0.25) is 0 Å². The molecule has 2 aromatic rings. The predicted molar refractivity (Wildman–Crippen MR) is 118 cm³/mol. The van der Waals surface area contributed by atoms with Crippen LogP contribution in [-0.2, 0) is 6.42 Å². The zero-order chi connectivity index (χ0) is 20.8. The monoisotopic (exact) mass is 395 g/mol. The molecule has 1 fully saturated rings. The van der Waals surface area contributed by atoms with Crippen molar-refractivity contribution in [1.82, 2.24) is 20.2 Å². The zero-order valence-electron chi connectivity index (χ0n) is 18.2. The molecule has 1 saturated heterocycles. The van der Waals surface area contributed by atoms with Gasteiger partial charge in [0.05, 0.1) is 0 Å². The fourth-order valence-electron chi connectivity index (χ4n) is 3.82. The minimum atomic E-state index is 0.0492. The number of rotatable bonds is 6. The van der Waals surface area contributed by atoms with E-state index in [-0.39, 0.29) is 6.03 Å². The SMILES string of the molecule is CCCCNC(=O)N1CCN(c2nc(C)nc(C)c2Cc2cccc(C)c2)CC1. The Labute approximate surface area is 174 Å². The fraction of sp³-hybridized carbons (Fsp3) is 0.522. The fourth-order valence-corrected chi connectivity index (χ4v) is 3.82. The summed E-state index contributed by atoms with van der Waals surface area (Å²) in [5.74, 6) is 1.81. The van der Waals surface area contributed by atoms with Crippen LogP contribution in [-0.4, -0.2) is 53.6 Å². The first-order valence-corrected chi connectivity index (χ1v) is 10.6. The number of nitrogens with one attached hydrogen (secondary N) is 1. The van der Waals surface area contributed by atoms with Crippen LogP contribution in [0.3, 0.4) is 0 Å². The highest BCUT2D eigenvalue weighted by Gasteiger charge is 2.24. The maximum absolute atomic E-state index is 12.3. The maximum Gasteiger partial charge on any atom is 0.317 e. The Morgan fingerprint density at radius 1 is 1.10 bits per heavy atom. The lowest BCUT2D eigenvalue weighted by molar-refractivity contribution is 0.194. The van der Waals surface area contributed by atoms with E-state index in [2.05, 4.69) is 60.2 Å². The Morgan fingerprint density at radius 2 is 1.86 bits per heavy atom. The molecular weight excluding hydrogens is 362 g/mol. The van der Waals surface area contributed by atoms with Crippen LogP contribution in [0.2, 0.25) is 0 Å². The number of anilines is 1. The first-order valence-electron chi connectivity index (χ1n) is 10.6. The molecule has 0 bridgehead atoms. The lowest BCUT2D eigenvalue weighted by Gasteiger charge is -2.36. The van der Waals surface area contributed by atoms with Gasteiger partial charge in [0.2, 0.25) is 0 Å². The summed E-state index contributed by atoms with van der Waals surface area (Å²) in [5, 5.41) is 3.02. The third-order valence-corrected chi connectivity index (χ3v) is 5.44. The number of benzene rings is 1. The molecule has 2 amide bonds. The van der Waals surface area contributed by atoms with Crippen molar-refractivity contribution in [3.63, 3.8) is 0 Å². The number of urea groups is 1. The van der Waals surface area contributed by atoms with Gasteiger partial charge in [-0.1, -0.05) is 43.2 Å². The van der Waals surface area contributed by atoms with Crippen molar-refractivity contribution in [3.8, 4) is 0 Å². The third kappa shape index (κ3) is 5.46.